The Labute approximate surface area is 171 Å². The van der Waals surface area contributed by atoms with Crippen LogP contribution in [0.1, 0.15) is 64.0 Å². The Kier molecular flexibility index (Phi) is 8.76. The Morgan fingerprint density at radius 1 is 0.893 bits per heavy atom. The first-order chi connectivity index (χ1) is 13.5. The van der Waals surface area contributed by atoms with Gasteiger partial charge in [-0.25, -0.2) is 0 Å². The molecule has 1 N–H and O–H groups in total. The summed E-state index contributed by atoms with van der Waals surface area (Å²) in [4.78, 5) is 12.7. The molecule has 2 aromatic carbocycles. The van der Waals surface area contributed by atoms with Gasteiger partial charge in [0.2, 0.25) is 0 Å². The lowest BCUT2D eigenvalue weighted by Gasteiger charge is -2.38. The van der Waals surface area contributed by atoms with Crippen LogP contribution in [-0.2, 0) is 17.6 Å². The van der Waals surface area contributed by atoms with Gasteiger partial charge in [-0.15, -0.1) is 0 Å². The summed E-state index contributed by atoms with van der Waals surface area (Å²) in [6, 6.07) is 20.6. The fraction of sp³-hybridized carbons (Fsp3) is 0.500. The monoisotopic (exact) mass is 380 g/mol. The molecule has 2 unspecified atom stereocenters. The molecule has 2 atom stereocenters. The van der Waals surface area contributed by atoms with Crippen LogP contribution in [0.5, 0.6) is 0 Å². The lowest BCUT2D eigenvalue weighted by molar-refractivity contribution is -0.154. The van der Waals surface area contributed by atoms with Gasteiger partial charge < -0.3 is 5.11 Å². The van der Waals surface area contributed by atoms with E-state index in [2.05, 4.69) is 57.2 Å². The van der Waals surface area contributed by atoms with Crippen molar-refractivity contribution in [1.82, 2.24) is 0 Å². The maximum atomic E-state index is 12.7. The number of hydrogen-bond donors (Lipinski definition) is 1. The molecule has 2 heteroatoms. The zero-order valence-electron chi connectivity index (χ0n) is 17.7. The Morgan fingerprint density at radius 3 is 1.96 bits per heavy atom. The highest BCUT2D eigenvalue weighted by Crippen LogP contribution is 2.43. The number of aliphatic carboxylic acids is 1. The van der Waals surface area contributed by atoms with Crippen molar-refractivity contribution in [3.63, 3.8) is 0 Å². The molecule has 152 valence electrons. The minimum atomic E-state index is -0.695. The van der Waals surface area contributed by atoms with Crippen molar-refractivity contribution in [2.24, 2.45) is 17.3 Å². The third-order valence-electron chi connectivity index (χ3n) is 5.98. The smallest absolute Gasteiger partial charge is 0.310 e. The van der Waals surface area contributed by atoms with Crippen molar-refractivity contribution in [1.29, 1.82) is 0 Å². The van der Waals surface area contributed by atoms with Gasteiger partial charge in [0, 0.05) is 0 Å². The number of benzene rings is 2. The summed E-state index contributed by atoms with van der Waals surface area (Å²) in [7, 11) is 0. The zero-order chi connectivity index (χ0) is 20.4. The lowest BCUT2D eigenvalue weighted by atomic mass is 9.64. The molecule has 0 spiro atoms. The van der Waals surface area contributed by atoms with E-state index < -0.39 is 11.4 Å². The molecule has 28 heavy (non-hydrogen) atoms. The first kappa shape index (κ1) is 22.2. The number of carboxylic acids is 1. The highest BCUT2D eigenvalue weighted by atomic mass is 16.4. The molecule has 0 aliphatic heterocycles. The summed E-state index contributed by atoms with van der Waals surface area (Å²) >= 11 is 0. The topological polar surface area (TPSA) is 37.3 Å². The largest absolute Gasteiger partial charge is 0.481 e. The molecule has 2 aromatic rings. The standard InChI is InChI=1S/C26H36O2/c1-4-19-26(25(27)28,20-23-13-9-6-10-14-23)24(17-15-21(2)3)18-16-22-11-7-5-8-12-22/h5-14,21,24H,4,15-20H2,1-3H3,(H,27,28). The Morgan fingerprint density at radius 2 is 1.46 bits per heavy atom. The van der Waals surface area contributed by atoms with Crippen molar-refractivity contribution in [3.05, 3.63) is 71.8 Å². The summed E-state index contributed by atoms with van der Waals surface area (Å²) in [5, 5.41) is 10.4. The van der Waals surface area contributed by atoms with E-state index in [0.29, 0.717) is 12.3 Å². The zero-order valence-corrected chi connectivity index (χ0v) is 17.7. The molecule has 0 aliphatic rings. The number of rotatable bonds is 12. The second kappa shape index (κ2) is 11.0. The second-order valence-corrected chi connectivity index (χ2v) is 8.57. The van der Waals surface area contributed by atoms with E-state index in [1.54, 1.807) is 0 Å². The van der Waals surface area contributed by atoms with Gasteiger partial charge in [-0.3, -0.25) is 4.79 Å². The third kappa shape index (κ3) is 6.22. The summed E-state index contributed by atoms with van der Waals surface area (Å²) in [6.07, 6.45) is 6.16. The van der Waals surface area contributed by atoms with Gasteiger partial charge in [-0.1, -0.05) is 94.3 Å². The molecule has 0 heterocycles. The van der Waals surface area contributed by atoms with Gasteiger partial charge in [0.1, 0.15) is 0 Å². The molecule has 0 fully saturated rings. The van der Waals surface area contributed by atoms with Gasteiger partial charge in [-0.05, 0) is 55.1 Å². The van der Waals surface area contributed by atoms with Crippen LogP contribution in [0.25, 0.3) is 0 Å². The molecule has 0 saturated heterocycles. The molecule has 2 nitrogen and oxygen atoms in total. The minimum absolute atomic E-state index is 0.174. The van der Waals surface area contributed by atoms with Crippen LogP contribution in [0.15, 0.2) is 60.7 Å². The third-order valence-corrected chi connectivity index (χ3v) is 5.98. The van der Waals surface area contributed by atoms with Crippen molar-refractivity contribution < 1.29 is 9.90 Å². The molecule has 0 radical (unpaired) electrons. The predicted molar refractivity (Wildman–Crippen MR) is 117 cm³/mol. The van der Waals surface area contributed by atoms with E-state index in [1.807, 2.05) is 24.3 Å². The SMILES string of the molecule is CCCC(Cc1ccccc1)(C(=O)O)C(CCc1ccccc1)CCC(C)C. The van der Waals surface area contributed by atoms with E-state index in [4.69, 9.17) is 0 Å². The summed E-state index contributed by atoms with van der Waals surface area (Å²) in [6.45, 7) is 6.57. The Balaban J connectivity index is 2.32. The van der Waals surface area contributed by atoms with Crippen molar-refractivity contribution in [3.8, 4) is 0 Å². The molecule has 0 bridgehead atoms. The molecular formula is C26H36O2. The van der Waals surface area contributed by atoms with Crippen LogP contribution in [-0.4, -0.2) is 11.1 Å². The fourth-order valence-corrected chi connectivity index (χ4v) is 4.42. The minimum Gasteiger partial charge on any atom is -0.481 e. The summed E-state index contributed by atoms with van der Waals surface area (Å²) in [5.41, 5.74) is 1.74. The maximum absolute atomic E-state index is 12.7. The first-order valence-corrected chi connectivity index (χ1v) is 10.8. The Hall–Kier alpha value is -2.09. The van der Waals surface area contributed by atoms with Crippen molar-refractivity contribution >= 4 is 5.97 Å². The molecular weight excluding hydrogens is 344 g/mol. The lowest BCUT2D eigenvalue weighted by Crippen LogP contribution is -2.41. The van der Waals surface area contributed by atoms with Crippen molar-refractivity contribution in [2.45, 2.75) is 65.7 Å². The quantitative estimate of drug-likeness (QED) is 0.440. The highest BCUT2D eigenvalue weighted by Gasteiger charge is 2.44. The normalized spacial score (nSPS) is 14.6. The number of hydrogen-bond acceptors (Lipinski definition) is 1. The number of carboxylic acid groups (broad SMARTS) is 1. The van der Waals surface area contributed by atoms with Crippen LogP contribution < -0.4 is 0 Å². The van der Waals surface area contributed by atoms with Gasteiger partial charge in [-0.2, -0.15) is 0 Å². The summed E-state index contributed by atoms with van der Waals surface area (Å²) < 4.78 is 0. The van der Waals surface area contributed by atoms with E-state index in [9.17, 15) is 9.90 Å². The van der Waals surface area contributed by atoms with Crippen LogP contribution in [0.2, 0.25) is 0 Å². The average Bonchev–Trinajstić information content (AvgIpc) is 2.69. The van der Waals surface area contributed by atoms with Gasteiger partial charge >= 0.3 is 5.97 Å². The molecule has 0 saturated carbocycles. The van der Waals surface area contributed by atoms with Crippen LogP contribution in [0, 0.1) is 17.3 Å². The van der Waals surface area contributed by atoms with E-state index in [0.717, 1.165) is 44.1 Å². The highest BCUT2D eigenvalue weighted by molar-refractivity contribution is 5.75. The van der Waals surface area contributed by atoms with Crippen LogP contribution in [0.3, 0.4) is 0 Å². The Bertz CT molecular complexity index is 693. The molecule has 0 aromatic heterocycles. The van der Waals surface area contributed by atoms with E-state index in [-0.39, 0.29) is 5.92 Å². The van der Waals surface area contributed by atoms with Crippen LogP contribution in [0.4, 0.5) is 0 Å². The summed E-state index contributed by atoms with van der Waals surface area (Å²) in [5.74, 6) is 0.136. The van der Waals surface area contributed by atoms with E-state index in [1.165, 1.54) is 5.56 Å². The first-order valence-electron chi connectivity index (χ1n) is 10.8. The predicted octanol–water partition coefficient (Wildman–Crippen LogP) is 6.79. The average molecular weight is 381 g/mol. The molecule has 0 aliphatic carbocycles. The van der Waals surface area contributed by atoms with Gasteiger partial charge in [0.15, 0.2) is 0 Å². The van der Waals surface area contributed by atoms with Crippen LogP contribution >= 0.6 is 0 Å². The second-order valence-electron chi connectivity index (χ2n) is 8.57. The number of carbonyl (C=O) groups is 1. The fourth-order valence-electron chi connectivity index (χ4n) is 4.42. The van der Waals surface area contributed by atoms with E-state index >= 15 is 0 Å². The molecule has 2 rings (SSSR count). The number of aryl methyl sites for hydroxylation is 1. The maximum Gasteiger partial charge on any atom is 0.310 e. The van der Waals surface area contributed by atoms with Gasteiger partial charge in [0.05, 0.1) is 5.41 Å². The van der Waals surface area contributed by atoms with Crippen molar-refractivity contribution in [2.75, 3.05) is 0 Å². The molecule has 0 amide bonds. The van der Waals surface area contributed by atoms with Gasteiger partial charge in [0.25, 0.3) is 0 Å².